The average Bonchev–Trinajstić information content (AvgIpc) is 2.99. The van der Waals surface area contributed by atoms with E-state index in [1.165, 1.54) is 37.8 Å². The normalized spacial score (nSPS) is 22.9. The van der Waals surface area contributed by atoms with Gasteiger partial charge >= 0.3 is 0 Å². The van der Waals surface area contributed by atoms with E-state index in [-0.39, 0.29) is 29.4 Å². The van der Waals surface area contributed by atoms with Gasteiger partial charge in [-0.25, -0.2) is 13.2 Å². The average molecular weight is 565 g/mol. The van der Waals surface area contributed by atoms with E-state index in [2.05, 4.69) is 13.5 Å². The number of ether oxygens (including phenoxy) is 1. The quantitative estimate of drug-likeness (QED) is 0.143. The molecule has 0 N–H and O–H groups in total. The number of unbranched alkanes of at least 4 members (excludes halogenated alkanes) is 1. The fraction of sp³-hybridized carbons (Fsp3) is 0.444. The van der Waals surface area contributed by atoms with Crippen LogP contribution in [0.4, 0.5) is 17.6 Å². The summed E-state index contributed by atoms with van der Waals surface area (Å²) in [6.45, 7) is 6.23. The van der Waals surface area contributed by atoms with E-state index in [0.29, 0.717) is 29.0 Å². The Labute approximate surface area is 241 Å². The molecule has 0 unspecified atom stereocenters. The van der Waals surface area contributed by atoms with E-state index in [9.17, 15) is 8.78 Å². The van der Waals surface area contributed by atoms with Gasteiger partial charge in [0, 0.05) is 11.1 Å². The molecule has 2 aliphatic rings. The Bertz CT molecular complexity index is 1330. The van der Waals surface area contributed by atoms with Crippen molar-refractivity contribution in [3.05, 3.63) is 90.0 Å². The van der Waals surface area contributed by atoms with Crippen LogP contribution in [0.3, 0.4) is 0 Å². The Morgan fingerprint density at radius 1 is 0.683 bits per heavy atom. The number of allylic oxidation sites excluding steroid dienone is 1. The maximum absolute atomic E-state index is 15.4. The molecule has 2 saturated carbocycles. The van der Waals surface area contributed by atoms with Crippen molar-refractivity contribution in [1.29, 1.82) is 0 Å². The fourth-order valence-electron chi connectivity index (χ4n) is 6.87. The zero-order valence-corrected chi connectivity index (χ0v) is 23.9. The van der Waals surface area contributed by atoms with Crippen molar-refractivity contribution in [2.45, 2.75) is 77.0 Å². The van der Waals surface area contributed by atoms with Gasteiger partial charge in [-0.05, 0) is 104 Å². The largest absolute Gasteiger partial charge is 0.490 e. The number of hydrogen-bond acceptors (Lipinski definition) is 1. The summed E-state index contributed by atoms with van der Waals surface area (Å²) in [7, 11) is 0. The fourth-order valence-corrected chi connectivity index (χ4v) is 6.87. The molecule has 41 heavy (non-hydrogen) atoms. The maximum atomic E-state index is 15.4. The standard InChI is InChI=1S/C36H40F4O/c1-3-4-5-22-41-32-21-20-31(35(39)36(32)40)28-16-14-27(15-17-28)30-19-18-29(33(37)34(30)38)26-12-10-25(11-13-26)24-8-6-23(2)7-9-24/h3,14-21,23-26H,1,4-13,22H2,2H3. The van der Waals surface area contributed by atoms with Crippen molar-refractivity contribution in [1.82, 2.24) is 0 Å². The molecule has 0 heterocycles. The first-order valence-corrected chi connectivity index (χ1v) is 15.2. The molecule has 2 aliphatic carbocycles. The van der Waals surface area contributed by atoms with E-state index in [1.807, 2.05) is 0 Å². The van der Waals surface area contributed by atoms with Gasteiger partial charge in [0.15, 0.2) is 23.2 Å². The minimum Gasteiger partial charge on any atom is -0.490 e. The minimum atomic E-state index is -1.05. The molecule has 0 spiro atoms. The van der Waals surface area contributed by atoms with Gasteiger partial charge in [-0.2, -0.15) is 4.39 Å². The molecule has 0 saturated heterocycles. The van der Waals surface area contributed by atoms with Crippen molar-refractivity contribution in [2.75, 3.05) is 6.61 Å². The Morgan fingerprint density at radius 2 is 1.22 bits per heavy atom. The van der Waals surface area contributed by atoms with Crippen LogP contribution in [-0.4, -0.2) is 6.61 Å². The summed E-state index contributed by atoms with van der Waals surface area (Å²) >= 11 is 0. The Morgan fingerprint density at radius 3 is 1.80 bits per heavy atom. The lowest BCUT2D eigenvalue weighted by Crippen LogP contribution is -2.25. The summed E-state index contributed by atoms with van der Waals surface area (Å²) < 4.78 is 65.5. The second-order valence-corrected chi connectivity index (χ2v) is 12.1. The molecule has 5 heteroatoms. The highest BCUT2D eigenvalue weighted by Crippen LogP contribution is 2.45. The summed E-state index contributed by atoms with van der Waals surface area (Å²) in [5, 5.41) is 0. The summed E-state index contributed by atoms with van der Waals surface area (Å²) in [5.74, 6) is -1.41. The van der Waals surface area contributed by atoms with Crippen LogP contribution in [0, 0.1) is 41.0 Å². The lowest BCUT2D eigenvalue weighted by molar-refractivity contribution is 0.164. The van der Waals surface area contributed by atoms with Gasteiger partial charge in [-0.1, -0.05) is 62.2 Å². The maximum Gasteiger partial charge on any atom is 0.201 e. The molecule has 0 radical (unpaired) electrons. The van der Waals surface area contributed by atoms with Crippen LogP contribution in [-0.2, 0) is 0 Å². The van der Waals surface area contributed by atoms with Gasteiger partial charge in [0.05, 0.1) is 6.61 Å². The molecule has 0 amide bonds. The first-order valence-electron chi connectivity index (χ1n) is 15.2. The predicted octanol–water partition coefficient (Wildman–Crippen LogP) is 11.0. The number of halogens is 4. The van der Waals surface area contributed by atoms with Crippen molar-refractivity contribution < 1.29 is 22.3 Å². The van der Waals surface area contributed by atoms with Crippen LogP contribution in [0.5, 0.6) is 5.75 Å². The summed E-state index contributed by atoms with van der Waals surface area (Å²) in [5.41, 5.74) is 1.63. The molecule has 1 nitrogen and oxygen atoms in total. The molecule has 0 atom stereocenters. The second kappa shape index (κ2) is 13.3. The highest BCUT2D eigenvalue weighted by molar-refractivity contribution is 5.72. The van der Waals surface area contributed by atoms with Gasteiger partial charge in [0.1, 0.15) is 0 Å². The Kier molecular flexibility index (Phi) is 9.52. The van der Waals surface area contributed by atoms with Gasteiger partial charge in [-0.15, -0.1) is 6.58 Å². The highest BCUT2D eigenvalue weighted by Gasteiger charge is 2.32. The lowest BCUT2D eigenvalue weighted by Gasteiger charge is -2.37. The monoisotopic (exact) mass is 564 g/mol. The molecular formula is C36H40F4O. The van der Waals surface area contributed by atoms with Gasteiger partial charge < -0.3 is 4.74 Å². The first-order chi connectivity index (χ1) is 19.9. The van der Waals surface area contributed by atoms with Crippen LogP contribution >= 0.6 is 0 Å². The molecular weight excluding hydrogens is 524 g/mol. The van der Waals surface area contributed by atoms with Crippen molar-refractivity contribution in [2.24, 2.45) is 17.8 Å². The van der Waals surface area contributed by atoms with Gasteiger partial charge in [0.2, 0.25) is 5.82 Å². The van der Waals surface area contributed by atoms with E-state index >= 15 is 8.78 Å². The molecule has 218 valence electrons. The van der Waals surface area contributed by atoms with Crippen LogP contribution in [0.15, 0.2) is 61.2 Å². The lowest BCUT2D eigenvalue weighted by atomic mass is 9.68. The van der Waals surface area contributed by atoms with Crippen molar-refractivity contribution >= 4 is 0 Å². The van der Waals surface area contributed by atoms with Crippen LogP contribution < -0.4 is 4.74 Å². The molecule has 0 bridgehead atoms. The van der Waals surface area contributed by atoms with E-state index in [0.717, 1.165) is 43.9 Å². The Hall–Kier alpha value is -3.08. The SMILES string of the molecule is C=CCCCOc1ccc(-c2ccc(-c3ccc(C4CCC(C5CCC(C)CC5)CC4)c(F)c3F)cc2)c(F)c1F. The topological polar surface area (TPSA) is 9.23 Å². The zero-order chi connectivity index (χ0) is 28.9. The molecule has 0 aromatic heterocycles. The van der Waals surface area contributed by atoms with E-state index in [4.69, 9.17) is 4.74 Å². The van der Waals surface area contributed by atoms with Crippen LogP contribution in [0.2, 0.25) is 0 Å². The smallest absolute Gasteiger partial charge is 0.201 e. The predicted molar refractivity (Wildman–Crippen MR) is 158 cm³/mol. The number of hydrogen-bond donors (Lipinski definition) is 0. The Balaban J connectivity index is 1.26. The second-order valence-electron chi connectivity index (χ2n) is 12.1. The third-order valence-electron chi connectivity index (χ3n) is 9.41. The number of benzene rings is 3. The highest BCUT2D eigenvalue weighted by atomic mass is 19.2. The minimum absolute atomic E-state index is 0.0477. The van der Waals surface area contributed by atoms with E-state index in [1.54, 1.807) is 42.5 Å². The molecule has 2 fully saturated rings. The number of rotatable bonds is 9. The van der Waals surface area contributed by atoms with Crippen LogP contribution in [0.25, 0.3) is 22.3 Å². The third kappa shape index (κ3) is 6.55. The van der Waals surface area contributed by atoms with Crippen molar-refractivity contribution in [3.8, 4) is 28.0 Å². The van der Waals surface area contributed by atoms with Crippen molar-refractivity contribution in [3.63, 3.8) is 0 Å². The van der Waals surface area contributed by atoms with Gasteiger partial charge in [-0.3, -0.25) is 0 Å². The van der Waals surface area contributed by atoms with Gasteiger partial charge in [0.25, 0.3) is 0 Å². The molecule has 5 rings (SSSR count). The molecule has 0 aliphatic heterocycles. The van der Waals surface area contributed by atoms with Crippen LogP contribution in [0.1, 0.15) is 82.6 Å². The summed E-state index contributed by atoms with van der Waals surface area (Å²) in [4.78, 5) is 0. The van der Waals surface area contributed by atoms with E-state index < -0.39 is 23.3 Å². The first kappa shape index (κ1) is 29.4. The molecule has 3 aromatic carbocycles. The zero-order valence-electron chi connectivity index (χ0n) is 23.9. The summed E-state index contributed by atoms with van der Waals surface area (Å²) in [6, 6.07) is 12.7. The molecule has 3 aromatic rings. The third-order valence-corrected chi connectivity index (χ3v) is 9.41. The summed E-state index contributed by atoms with van der Waals surface area (Å²) in [6.07, 6.45) is 12.4.